The van der Waals surface area contributed by atoms with Crippen molar-refractivity contribution in [3.05, 3.63) is 11.8 Å². The molecule has 4 atom stereocenters. The van der Waals surface area contributed by atoms with Gasteiger partial charge in [-0.3, -0.25) is 0 Å². The Kier molecular flexibility index (Phi) is 5.28. The lowest BCUT2D eigenvalue weighted by atomic mass is 9.83. The number of aliphatic hydroxyl groups is 1. The summed E-state index contributed by atoms with van der Waals surface area (Å²) in [7, 11) is -0.620. The summed E-state index contributed by atoms with van der Waals surface area (Å²) in [4.78, 5) is 12.0. The molecule has 2 rings (SSSR count). The summed E-state index contributed by atoms with van der Waals surface area (Å²) in [6.07, 6.45) is 2.86. The highest BCUT2D eigenvalue weighted by Gasteiger charge is 2.51. The molecule has 0 bridgehead atoms. The summed E-state index contributed by atoms with van der Waals surface area (Å²) < 4.78 is 17.2. The van der Waals surface area contributed by atoms with Crippen LogP contribution in [0.2, 0.25) is 18.1 Å². The minimum absolute atomic E-state index is 0.00762. The van der Waals surface area contributed by atoms with Crippen molar-refractivity contribution in [2.24, 2.45) is 17.8 Å². The van der Waals surface area contributed by atoms with Crippen LogP contribution in [-0.2, 0) is 18.7 Å². The lowest BCUT2D eigenvalue weighted by Crippen LogP contribution is -2.49. The number of aliphatic hydroxyl groups excluding tert-OH is 1. The fourth-order valence-corrected chi connectivity index (χ4v) is 4.45. The monoisotopic (exact) mass is 342 g/mol. The van der Waals surface area contributed by atoms with Crippen LogP contribution in [0.4, 0.5) is 0 Å². The van der Waals surface area contributed by atoms with E-state index >= 15 is 0 Å². The molecule has 0 aromatic rings. The first-order valence-corrected chi connectivity index (χ1v) is 11.3. The Morgan fingerprint density at radius 1 is 1.39 bits per heavy atom. The van der Waals surface area contributed by atoms with Gasteiger partial charge in [-0.2, -0.15) is 0 Å². The zero-order chi connectivity index (χ0) is 17.4. The number of ether oxygens (including phenoxy) is 2. The largest absolute Gasteiger partial charge is 0.473 e. The van der Waals surface area contributed by atoms with E-state index in [1.807, 2.05) is 0 Å². The second-order valence-corrected chi connectivity index (χ2v) is 12.9. The van der Waals surface area contributed by atoms with Crippen molar-refractivity contribution in [2.45, 2.75) is 58.0 Å². The predicted octanol–water partition coefficient (Wildman–Crippen LogP) is 3.06. The molecule has 0 saturated heterocycles. The molecule has 1 heterocycles. The van der Waals surface area contributed by atoms with Gasteiger partial charge in [0.1, 0.15) is 0 Å². The van der Waals surface area contributed by atoms with Crippen LogP contribution in [0.5, 0.6) is 0 Å². The van der Waals surface area contributed by atoms with Crippen molar-refractivity contribution in [1.29, 1.82) is 0 Å². The Balaban J connectivity index is 2.27. The quantitative estimate of drug-likeness (QED) is 0.628. The van der Waals surface area contributed by atoms with Crippen LogP contribution in [0.15, 0.2) is 11.8 Å². The average Bonchev–Trinajstić information content (AvgIpc) is 2.89. The zero-order valence-corrected chi connectivity index (χ0v) is 16.1. The zero-order valence-electron chi connectivity index (χ0n) is 15.1. The second kappa shape index (κ2) is 6.57. The topological polar surface area (TPSA) is 65.0 Å². The lowest BCUT2D eigenvalue weighted by Gasteiger charge is -2.43. The Morgan fingerprint density at radius 3 is 2.57 bits per heavy atom. The number of carbonyl (C=O) groups excluding carboxylic acids is 1. The van der Waals surface area contributed by atoms with E-state index in [4.69, 9.17) is 13.9 Å². The molecule has 1 saturated carbocycles. The first kappa shape index (κ1) is 18.5. The molecule has 132 valence electrons. The second-order valence-electron chi connectivity index (χ2n) is 8.15. The van der Waals surface area contributed by atoms with Crippen LogP contribution in [0.3, 0.4) is 0 Å². The Morgan fingerprint density at radius 2 is 2.04 bits per heavy atom. The molecule has 0 radical (unpaired) electrons. The number of fused-ring (bicyclic) bond motifs is 1. The molecule has 0 spiro atoms. The van der Waals surface area contributed by atoms with E-state index in [2.05, 4.69) is 33.9 Å². The molecule has 1 aliphatic carbocycles. The van der Waals surface area contributed by atoms with Gasteiger partial charge in [-0.05, 0) is 36.9 Å². The highest BCUT2D eigenvalue weighted by Crippen LogP contribution is 2.49. The number of carbonyl (C=O) groups is 1. The van der Waals surface area contributed by atoms with Crippen molar-refractivity contribution in [3.63, 3.8) is 0 Å². The standard InChI is InChI=1S/C17H30O5Si/c1-17(2,3)23(5,6)22-16-14-11(9-18)7-8-12(14)13(10-21-16)15(19)20-4/h10-12,14,16,18H,7-9H2,1-6H3/t11?,12-,14-,16+/m1/s1. The third kappa shape index (κ3) is 3.49. The van der Waals surface area contributed by atoms with Gasteiger partial charge in [0.05, 0.1) is 18.9 Å². The van der Waals surface area contributed by atoms with Gasteiger partial charge in [-0.25, -0.2) is 4.79 Å². The number of hydrogen-bond acceptors (Lipinski definition) is 5. The van der Waals surface area contributed by atoms with E-state index in [0.29, 0.717) is 5.57 Å². The van der Waals surface area contributed by atoms with Crippen LogP contribution < -0.4 is 0 Å². The summed E-state index contributed by atoms with van der Waals surface area (Å²) in [5, 5.41) is 9.80. The molecule has 6 heteroatoms. The molecule has 0 aromatic carbocycles. The molecule has 1 N–H and O–H groups in total. The molecule has 23 heavy (non-hydrogen) atoms. The van der Waals surface area contributed by atoms with Gasteiger partial charge in [0.15, 0.2) is 14.6 Å². The van der Waals surface area contributed by atoms with E-state index in [0.717, 1.165) is 12.8 Å². The Labute approximate surface area is 140 Å². The van der Waals surface area contributed by atoms with Gasteiger partial charge in [-0.1, -0.05) is 20.8 Å². The predicted molar refractivity (Wildman–Crippen MR) is 90.0 cm³/mol. The Bertz CT molecular complexity index is 480. The van der Waals surface area contributed by atoms with E-state index in [1.165, 1.54) is 13.4 Å². The summed E-state index contributed by atoms with van der Waals surface area (Å²) in [5.74, 6) is -0.191. The van der Waals surface area contributed by atoms with Crippen LogP contribution in [0.1, 0.15) is 33.6 Å². The van der Waals surface area contributed by atoms with Gasteiger partial charge < -0.3 is 19.0 Å². The normalized spacial score (nSPS) is 31.2. The fraction of sp³-hybridized carbons (Fsp3) is 0.824. The highest BCUT2D eigenvalue weighted by molar-refractivity contribution is 6.74. The van der Waals surface area contributed by atoms with E-state index < -0.39 is 14.6 Å². The maximum atomic E-state index is 12.0. The minimum Gasteiger partial charge on any atom is -0.473 e. The van der Waals surface area contributed by atoms with Gasteiger partial charge in [0, 0.05) is 18.4 Å². The van der Waals surface area contributed by atoms with Crippen LogP contribution in [-0.4, -0.2) is 39.4 Å². The first-order valence-electron chi connectivity index (χ1n) is 8.35. The summed E-state index contributed by atoms with van der Waals surface area (Å²) >= 11 is 0. The first-order chi connectivity index (χ1) is 10.6. The van der Waals surface area contributed by atoms with E-state index in [9.17, 15) is 9.90 Å². The molecule has 1 aliphatic heterocycles. The average molecular weight is 343 g/mol. The third-order valence-electron chi connectivity index (χ3n) is 5.77. The van der Waals surface area contributed by atoms with Crippen molar-refractivity contribution in [2.75, 3.05) is 13.7 Å². The highest BCUT2D eigenvalue weighted by atomic mass is 28.4. The van der Waals surface area contributed by atoms with Crippen LogP contribution >= 0.6 is 0 Å². The molecule has 5 nitrogen and oxygen atoms in total. The van der Waals surface area contributed by atoms with Gasteiger partial charge in [0.25, 0.3) is 0 Å². The van der Waals surface area contributed by atoms with Crippen molar-refractivity contribution < 1.29 is 23.8 Å². The van der Waals surface area contributed by atoms with E-state index in [1.54, 1.807) is 0 Å². The molecular weight excluding hydrogens is 312 g/mol. The Hall–Kier alpha value is -0.853. The maximum Gasteiger partial charge on any atom is 0.337 e. The molecule has 0 amide bonds. The van der Waals surface area contributed by atoms with Crippen LogP contribution in [0, 0.1) is 17.8 Å². The summed E-state index contributed by atoms with van der Waals surface area (Å²) in [6.45, 7) is 11.0. The lowest BCUT2D eigenvalue weighted by molar-refractivity contribution is -0.143. The van der Waals surface area contributed by atoms with Crippen molar-refractivity contribution in [3.8, 4) is 0 Å². The van der Waals surface area contributed by atoms with Gasteiger partial charge >= 0.3 is 5.97 Å². The SMILES string of the molecule is COC(=O)C1=CO[C@@H](O[Si](C)(C)C(C)(C)C)[C@@H]2C(CO)CC[C@H]12. The van der Waals surface area contributed by atoms with Gasteiger partial charge in [-0.15, -0.1) is 0 Å². The molecule has 2 aliphatic rings. The van der Waals surface area contributed by atoms with Gasteiger partial charge in [0.2, 0.25) is 0 Å². The third-order valence-corrected chi connectivity index (χ3v) is 10.2. The molecule has 1 fully saturated rings. The molecule has 0 aromatic heterocycles. The van der Waals surface area contributed by atoms with E-state index in [-0.39, 0.29) is 35.4 Å². The summed E-state index contributed by atoms with van der Waals surface area (Å²) in [6, 6.07) is 0. The number of hydrogen-bond donors (Lipinski definition) is 1. The maximum absolute atomic E-state index is 12.0. The minimum atomic E-state index is -2.00. The fourth-order valence-electron chi connectivity index (χ4n) is 3.30. The van der Waals surface area contributed by atoms with Crippen molar-refractivity contribution >= 4 is 14.3 Å². The molecular formula is C17H30O5Si. The summed E-state index contributed by atoms with van der Waals surface area (Å²) in [5.41, 5.74) is 0.573. The molecule has 1 unspecified atom stereocenters. The number of methoxy groups -OCH3 is 1. The van der Waals surface area contributed by atoms with Crippen LogP contribution in [0.25, 0.3) is 0 Å². The smallest absolute Gasteiger partial charge is 0.337 e. The van der Waals surface area contributed by atoms with Crippen molar-refractivity contribution in [1.82, 2.24) is 0 Å². The number of esters is 1. The number of rotatable bonds is 4.